The second-order valence-electron chi connectivity index (χ2n) is 6.55. The smallest absolute Gasteiger partial charge is 0.193 e. The van der Waals surface area contributed by atoms with E-state index in [-0.39, 0.29) is 5.78 Å². The van der Waals surface area contributed by atoms with Crippen molar-refractivity contribution in [3.8, 4) is 0 Å². The van der Waals surface area contributed by atoms with Gasteiger partial charge in [0, 0.05) is 11.1 Å². The van der Waals surface area contributed by atoms with Gasteiger partial charge in [-0.2, -0.15) is 0 Å². The molecule has 0 bridgehead atoms. The Hall–Kier alpha value is -3.45. The maximum absolute atomic E-state index is 13.2. The lowest BCUT2D eigenvalue weighted by atomic mass is 9.90. The molecule has 1 nitrogen and oxygen atoms in total. The average molecular weight is 332 g/mol. The maximum atomic E-state index is 13.2. The highest BCUT2D eigenvalue weighted by atomic mass is 16.1. The first-order valence-electron chi connectivity index (χ1n) is 8.76. The molecule has 0 N–H and O–H groups in total. The van der Waals surface area contributed by atoms with E-state index in [4.69, 9.17) is 0 Å². The van der Waals surface area contributed by atoms with Gasteiger partial charge >= 0.3 is 0 Å². The number of fused-ring (bicyclic) bond motifs is 5. The largest absolute Gasteiger partial charge is 0.289 e. The van der Waals surface area contributed by atoms with E-state index >= 15 is 0 Å². The number of hydrogen-bond acceptors (Lipinski definition) is 1. The summed E-state index contributed by atoms with van der Waals surface area (Å²) in [4.78, 5) is 13.2. The zero-order chi connectivity index (χ0) is 17.5. The molecular formula is C25H16O. The first-order valence-corrected chi connectivity index (χ1v) is 8.76. The topological polar surface area (TPSA) is 17.1 Å². The van der Waals surface area contributed by atoms with Gasteiger partial charge in [-0.1, -0.05) is 91.0 Å². The van der Waals surface area contributed by atoms with Crippen molar-refractivity contribution in [3.63, 3.8) is 0 Å². The Morgan fingerprint density at radius 2 is 1.15 bits per heavy atom. The summed E-state index contributed by atoms with van der Waals surface area (Å²) in [6.45, 7) is 0. The highest BCUT2D eigenvalue weighted by molar-refractivity contribution is 6.26. The molecule has 0 unspecified atom stereocenters. The first kappa shape index (κ1) is 14.9. The van der Waals surface area contributed by atoms with Gasteiger partial charge in [0.1, 0.15) is 0 Å². The third kappa shape index (κ3) is 2.21. The minimum Gasteiger partial charge on any atom is -0.289 e. The van der Waals surface area contributed by atoms with Crippen LogP contribution in [0.1, 0.15) is 15.9 Å². The molecule has 26 heavy (non-hydrogen) atoms. The summed E-state index contributed by atoms with van der Waals surface area (Å²) in [5.74, 6) is 0.0665. The van der Waals surface area contributed by atoms with Crippen LogP contribution in [-0.4, -0.2) is 5.78 Å². The molecule has 0 saturated heterocycles. The van der Waals surface area contributed by atoms with Gasteiger partial charge in [-0.15, -0.1) is 0 Å². The molecule has 0 aromatic heterocycles. The van der Waals surface area contributed by atoms with Crippen LogP contribution >= 0.6 is 0 Å². The summed E-state index contributed by atoms with van der Waals surface area (Å²) in [5.41, 5.74) is 1.48. The van der Waals surface area contributed by atoms with Crippen molar-refractivity contribution in [2.24, 2.45) is 0 Å². The van der Waals surface area contributed by atoms with Gasteiger partial charge in [-0.05, 0) is 38.4 Å². The van der Waals surface area contributed by atoms with E-state index in [0.29, 0.717) is 0 Å². The molecule has 0 heterocycles. The van der Waals surface area contributed by atoms with Crippen molar-refractivity contribution in [1.82, 2.24) is 0 Å². The summed E-state index contributed by atoms with van der Waals surface area (Å²) < 4.78 is 0. The molecule has 0 amide bonds. The molecule has 5 rings (SSSR count). The average Bonchev–Trinajstić information content (AvgIpc) is 2.73. The Labute approximate surface area is 151 Å². The Bertz CT molecular complexity index is 1280. The molecule has 0 saturated carbocycles. The van der Waals surface area contributed by atoms with E-state index < -0.39 is 0 Å². The second-order valence-corrected chi connectivity index (χ2v) is 6.55. The van der Waals surface area contributed by atoms with Crippen LogP contribution in [0.2, 0.25) is 0 Å². The summed E-state index contributed by atoms with van der Waals surface area (Å²) in [6.07, 6.45) is 0. The molecule has 1 heteroatoms. The number of carbonyl (C=O) groups is 1. The number of benzene rings is 5. The summed E-state index contributed by atoms with van der Waals surface area (Å²) in [5, 5.41) is 6.88. The van der Waals surface area contributed by atoms with E-state index in [1.165, 1.54) is 16.2 Å². The number of rotatable bonds is 2. The van der Waals surface area contributed by atoms with E-state index in [2.05, 4.69) is 42.5 Å². The molecule has 0 aliphatic heterocycles. The number of hydrogen-bond donors (Lipinski definition) is 0. The molecule has 0 atom stereocenters. The van der Waals surface area contributed by atoms with Crippen molar-refractivity contribution < 1.29 is 4.79 Å². The molecule has 5 aromatic rings. The van der Waals surface area contributed by atoms with Gasteiger partial charge in [-0.3, -0.25) is 4.79 Å². The lowest BCUT2D eigenvalue weighted by molar-refractivity contribution is 0.104. The normalized spacial score (nSPS) is 11.2. The van der Waals surface area contributed by atoms with Crippen molar-refractivity contribution >= 4 is 38.1 Å². The number of ketones is 1. The van der Waals surface area contributed by atoms with Gasteiger partial charge in [0.25, 0.3) is 0 Å². The minimum absolute atomic E-state index is 0.0665. The Morgan fingerprint density at radius 1 is 0.538 bits per heavy atom. The molecule has 0 aliphatic rings. The van der Waals surface area contributed by atoms with E-state index in [1.807, 2.05) is 54.6 Å². The van der Waals surface area contributed by atoms with E-state index in [0.717, 1.165) is 27.3 Å². The predicted octanol–water partition coefficient (Wildman–Crippen LogP) is 6.38. The third-order valence-corrected chi connectivity index (χ3v) is 5.03. The SMILES string of the molecule is O=C(c1ccccc1)c1cc2ccc3ccccc3c2c2ccccc12. The zero-order valence-electron chi connectivity index (χ0n) is 14.1. The molecule has 0 fully saturated rings. The van der Waals surface area contributed by atoms with Crippen LogP contribution in [0.15, 0.2) is 97.1 Å². The highest BCUT2D eigenvalue weighted by Gasteiger charge is 2.15. The molecule has 122 valence electrons. The summed E-state index contributed by atoms with van der Waals surface area (Å²) in [6, 6.07) is 32.4. The van der Waals surface area contributed by atoms with Crippen LogP contribution in [-0.2, 0) is 0 Å². The summed E-state index contributed by atoms with van der Waals surface area (Å²) >= 11 is 0. The third-order valence-electron chi connectivity index (χ3n) is 5.03. The van der Waals surface area contributed by atoms with Gasteiger partial charge in [0.15, 0.2) is 5.78 Å². The van der Waals surface area contributed by atoms with E-state index in [9.17, 15) is 4.79 Å². The fraction of sp³-hybridized carbons (Fsp3) is 0. The second kappa shape index (κ2) is 5.82. The van der Waals surface area contributed by atoms with Crippen LogP contribution in [0.25, 0.3) is 32.3 Å². The van der Waals surface area contributed by atoms with Crippen molar-refractivity contribution in [2.45, 2.75) is 0 Å². The molecule has 0 spiro atoms. The van der Waals surface area contributed by atoms with Crippen LogP contribution in [0.3, 0.4) is 0 Å². The van der Waals surface area contributed by atoms with E-state index in [1.54, 1.807) is 0 Å². The highest BCUT2D eigenvalue weighted by Crippen LogP contribution is 2.34. The lowest BCUT2D eigenvalue weighted by Gasteiger charge is -2.12. The van der Waals surface area contributed by atoms with Gasteiger partial charge in [0.2, 0.25) is 0 Å². The first-order chi connectivity index (χ1) is 12.8. The van der Waals surface area contributed by atoms with Crippen LogP contribution < -0.4 is 0 Å². The van der Waals surface area contributed by atoms with Crippen LogP contribution in [0, 0.1) is 0 Å². The van der Waals surface area contributed by atoms with Gasteiger partial charge < -0.3 is 0 Å². The minimum atomic E-state index is 0.0665. The maximum Gasteiger partial charge on any atom is 0.193 e. The molecular weight excluding hydrogens is 316 g/mol. The van der Waals surface area contributed by atoms with Gasteiger partial charge in [-0.25, -0.2) is 0 Å². The number of carbonyl (C=O) groups excluding carboxylic acids is 1. The van der Waals surface area contributed by atoms with Gasteiger partial charge in [0.05, 0.1) is 0 Å². The van der Waals surface area contributed by atoms with Crippen molar-refractivity contribution in [2.75, 3.05) is 0 Å². The lowest BCUT2D eigenvalue weighted by Crippen LogP contribution is -2.02. The Balaban J connectivity index is 1.91. The standard InChI is InChI=1S/C25H16O/c26-25(18-9-2-1-3-10-18)23-16-19-15-14-17-8-4-5-11-20(17)24(19)22-13-7-6-12-21(22)23/h1-16H. The quantitative estimate of drug-likeness (QED) is 0.271. The molecule has 0 aliphatic carbocycles. The zero-order valence-corrected chi connectivity index (χ0v) is 14.1. The predicted molar refractivity (Wildman–Crippen MR) is 109 cm³/mol. The fourth-order valence-electron chi connectivity index (χ4n) is 3.81. The van der Waals surface area contributed by atoms with Crippen LogP contribution in [0.5, 0.6) is 0 Å². The fourth-order valence-corrected chi connectivity index (χ4v) is 3.81. The molecule has 0 radical (unpaired) electrons. The Kier molecular flexibility index (Phi) is 3.32. The van der Waals surface area contributed by atoms with Crippen molar-refractivity contribution in [3.05, 3.63) is 108 Å². The molecule has 5 aromatic carbocycles. The monoisotopic (exact) mass is 332 g/mol. The van der Waals surface area contributed by atoms with Crippen molar-refractivity contribution in [1.29, 1.82) is 0 Å². The Morgan fingerprint density at radius 3 is 1.96 bits per heavy atom. The summed E-state index contributed by atoms with van der Waals surface area (Å²) in [7, 11) is 0. The van der Waals surface area contributed by atoms with Crippen LogP contribution in [0.4, 0.5) is 0 Å².